The third kappa shape index (κ3) is 6.84. The fraction of sp³-hybridized carbons (Fsp3) is 0.250. The lowest BCUT2D eigenvalue weighted by molar-refractivity contribution is -0.387. The van der Waals surface area contributed by atoms with Crippen molar-refractivity contribution in [1.82, 2.24) is 10.6 Å². The molecule has 0 aliphatic rings. The van der Waals surface area contributed by atoms with Crippen molar-refractivity contribution in [2.45, 2.75) is 31.8 Å². The average Bonchev–Trinajstić information content (AvgIpc) is 2.67. The van der Waals surface area contributed by atoms with Crippen LogP contribution in [0.3, 0.4) is 0 Å². The van der Waals surface area contributed by atoms with Crippen LogP contribution in [-0.2, 0) is 27.2 Å². The van der Waals surface area contributed by atoms with E-state index in [2.05, 4.69) is 10.6 Å². The van der Waals surface area contributed by atoms with Gasteiger partial charge in [-0.2, -0.15) is 4.39 Å². The van der Waals surface area contributed by atoms with Gasteiger partial charge in [-0.25, -0.2) is 4.39 Å². The third-order valence-electron chi connectivity index (χ3n) is 4.33. The molecule has 0 aliphatic carbocycles. The second kappa shape index (κ2) is 10.2. The number of amides is 3. The summed E-state index contributed by atoms with van der Waals surface area (Å²) in [6.45, 7) is 1.19. The summed E-state index contributed by atoms with van der Waals surface area (Å²) in [5.74, 6) is -3.80. The monoisotopic (exact) mass is 434 g/mol. The zero-order valence-electron chi connectivity index (χ0n) is 16.4. The van der Waals surface area contributed by atoms with Crippen LogP contribution in [0.2, 0.25) is 0 Å². The van der Waals surface area contributed by atoms with E-state index < -0.39 is 52.1 Å². The summed E-state index contributed by atoms with van der Waals surface area (Å²) >= 11 is 0. The van der Waals surface area contributed by atoms with Crippen LogP contribution in [0.5, 0.6) is 0 Å². The molecule has 0 aliphatic heterocycles. The number of carbonyl (C=O) groups excluding carboxylic acids is 3. The van der Waals surface area contributed by atoms with Gasteiger partial charge in [0.05, 0.1) is 4.92 Å². The van der Waals surface area contributed by atoms with Crippen LogP contribution in [0, 0.1) is 21.7 Å². The van der Waals surface area contributed by atoms with E-state index in [-0.39, 0.29) is 18.4 Å². The smallest absolute Gasteiger partial charge is 0.305 e. The number of primary amides is 1. The summed E-state index contributed by atoms with van der Waals surface area (Å²) in [5.41, 5.74) is 5.18. The van der Waals surface area contributed by atoms with Gasteiger partial charge in [0.15, 0.2) is 0 Å². The Morgan fingerprint density at radius 2 is 1.68 bits per heavy atom. The standard InChI is InChI=1S/C20H20F2N4O5/c1-11(27)24-17(9-12-3-2-4-14(21)7-12)20(29)25-16(19(23)28)8-13-5-6-15(22)18(10-13)26(30)31/h2-7,10,16-17H,8-9H2,1H3,(H2,23,28)(H,24,27)(H,25,29)/t16-,17+/m1/s1. The van der Waals surface area contributed by atoms with Crippen LogP contribution in [0.4, 0.5) is 14.5 Å². The number of nitrogens with two attached hydrogens (primary N) is 1. The number of halogens is 2. The Hall–Kier alpha value is -3.89. The molecule has 0 saturated heterocycles. The van der Waals surface area contributed by atoms with Crippen LogP contribution >= 0.6 is 0 Å². The van der Waals surface area contributed by atoms with Crippen molar-refractivity contribution in [3.8, 4) is 0 Å². The van der Waals surface area contributed by atoms with Gasteiger partial charge in [-0.1, -0.05) is 18.2 Å². The maximum Gasteiger partial charge on any atom is 0.305 e. The molecule has 0 unspecified atom stereocenters. The number of nitrogens with zero attached hydrogens (tertiary/aromatic N) is 1. The molecule has 2 rings (SSSR count). The van der Waals surface area contributed by atoms with Gasteiger partial charge in [0.2, 0.25) is 23.5 Å². The van der Waals surface area contributed by atoms with Gasteiger partial charge < -0.3 is 16.4 Å². The number of benzene rings is 2. The predicted molar refractivity (Wildman–Crippen MR) is 106 cm³/mol. The largest absolute Gasteiger partial charge is 0.368 e. The molecule has 9 nitrogen and oxygen atoms in total. The van der Waals surface area contributed by atoms with E-state index in [1.54, 1.807) is 6.07 Å². The lowest BCUT2D eigenvalue weighted by Crippen LogP contribution is -2.54. The summed E-state index contributed by atoms with van der Waals surface area (Å²) in [5, 5.41) is 15.7. The summed E-state index contributed by atoms with van der Waals surface area (Å²) in [4.78, 5) is 46.0. The van der Waals surface area contributed by atoms with E-state index >= 15 is 0 Å². The SMILES string of the molecule is CC(=O)N[C@@H](Cc1cccc(F)c1)C(=O)N[C@H](Cc1ccc(F)c([N+](=O)[O-])c1)C(N)=O. The summed E-state index contributed by atoms with van der Waals surface area (Å²) in [6, 6.07) is 6.04. The summed E-state index contributed by atoms with van der Waals surface area (Å²) in [6.07, 6.45) is -0.300. The Balaban J connectivity index is 2.19. The molecule has 2 atom stereocenters. The first-order valence-corrected chi connectivity index (χ1v) is 9.11. The van der Waals surface area contributed by atoms with Gasteiger partial charge in [0, 0.05) is 25.8 Å². The molecule has 2 aromatic carbocycles. The second-order valence-corrected chi connectivity index (χ2v) is 6.80. The minimum Gasteiger partial charge on any atom is -0.368 e. The number of hydrogen-bond acceptors (Lipinski definition) is 5. The quantitative estimate of drug-likeness (QED) is 0.400. The molecule has 11 heteroatoms. The number of hydrogen-bond donors (Lipinski definition) is 3. The first-order chi connectivity index (χ1) is 14.6. The Morgan fingerprint density at radius 1 is 1.03 bits per heavy atom. The number of nitro benzene ring substituents is 1. The Labute approximate surface area is 175 Å². The molecule has 31 heavy (non-hydrogen) atoms. The molecule has 0 radical (unpaired) electrons. The van der Waals surface area contributed by atoms with Crippen LogP contribution in [0.1, 0.15) is 18.1 Å². The number of nitro groups is 1. The van der Waals surface area contributed by atoms with Crippen molar-refractivity contribution < 1.29 is 28.1 Å². The summed E-state index contributed by atoms with van der Waals surface area (Å²) in [7, 11) is 0. The molecule has 3 amide bonds. The second-order valence-electron chi connectivity index (χ2n) is 6.80. The molecule has 164 valence electrons. The fourth-order valence-electron chi connectivity index (χ4n) is 2.91. The zero-order chi connectivity index (χ0) is 23.1. The van der Waals surface area contributed by atoms with Crippen LogP contribution in [0.25, 0.3) is 0 Å². The number of nitrogens with one attached hydrogen (secondary N) is 2. The van der Waals surface area contributed by atoms with Crippen molar-refractivity contribution in [1.29, 1.82) is 0 Å². The molecule has 0 saturated carbocycles. The summed E-state index contributed by atoms with van der Waals surface area (Å²) < 4.78 is 27.0. The molecule has 2 aromatic rings. The predicted octanol–water partition coefficient (Wildman–Crippen LogP) is 1.13. The molecule has 0 bridgehead atoms. The first kappa shape index (κ1) is 23.4. The maximum absolute atomic E-state index is 13.5. The lowest BCUT2D eigenvalue weighted by Gasteiger charge is -2.22. The highest BCUT2D eigenvalue weighted by atomic mass is 19.1. The molecular formula is C20H20F2N4O5. The van der Waals surface area contributed by atoms with Crippen molar-refractivity contribution in [2.24, 2.45) is 5.73 Å². The van der Waals surface area contributed by atoms with Crippen molar-refractivity contribution >= 4 is 23.4 Å². The van der Waals surface area contributed by atoms with Gasteiger partial charge in [-0.15, -0.1) is 0 Å². The lowest BCUT2D eigenvalue weighted by atomic mass is 10.0. The third-order valence-corrected chi connectivity index (χ3v) is 4.33. The van der Waals surface area contributed by atoms with Crippen LogP contribution in [0.15, 0.2) is 42.5 Å². The van der Waals surface area contributed by atoms with E-state index in [9.17, 15) is 33.3 Å². The van der Waals surface area contributed by atoms with Crippen molar-refractivity contribution in [2.75, 3.05) is 0 Å². The molecule has 0 heterocycles. The van der Waals surface area contributed by atoms with Crippen LogP contribution in [-0.4, -0.2) is 34.7 Å². The van der Waals surface area contributed by atoms with Crippen molar-refractivity contribution in [3.05, 3.63) is 75.3 Å². The normalized spacial score (nSPS) is 12.5. The molecular weight excluding hydrogens is 414 g/mol. The highest BCUT2D eigenvalue weighted by Gasteiger charge is 2.26. The minimum absolute atomic E-state index is 0.0589. The highest BCUT2D eigenvalue weighted by Crippen LogP contribution is 2.19. The zero-order valence-corrected chi connectivity index (χ0v) is 16.4. The van der Waals surface area contributed by atoms with Gasteiger partial charge >= 0.3 is 5.69 Å². The maximum atomic E-state index is 13.5. The number of carbonyl (C=O) groups is 3. The Kier molecular flexibility index (Phi) is 7.72. The van der Waals surface area contributed by atoms with Gasteiger partial charge in [0.25, 0.3) is 0 Å². The van der Waals surface area contributed by atoms with E-state index in [0.29, 0.717) is 5.56 Å². The topological polar surface area (TPSA) is 144 Å². The number of rotatable bonds is 9. The first-order valence-electron chi connectivity index (χ1n) is 9.11. The van der Waals surface area contributed by atoms with E-state index in [1.165, 1.54) is 31.2 Å². The van der Waals surface area contributed by atoms with E-state index in [4.69, 9.17) is 5.73 Å². The Bertz CT molecular complexity index is 1010. The van der Waals surface area contributed by atoms with Gasteiger partial charge in [0.1, 0.15) is 17.9 Å². The van der Waals surface area contributed by atoms with E-state index in [1.807, 2.05) is 0 Å². The fourth-order valence-corrected chi connectivity index (χ4v) is 2.91. The molecule has 4 N–H and O–H groups in total. The van der Waals surface area contributed by atoms with Crippen LogP contribution < -0.4 is 16.4 Å². The highest BCUT2D eigenvalue weighted by molar-refractivity contribution is 5.91. The molecule has 0 aromatic heterocycles. The average molecular weight is 434 g/mol. The van der Waals surface area contributed by atoms with E-state index in [0.717, 1.165) is 12.1 Å². The molecule has 0 spiro atoms. The van der Waals surface area contributed by atoms with Gasteiger partial charge in [-0.05, 0) is 29.3 Å². The van der Waals surface area contributed by atoms with Crippen molar-refractivity contribution in [3.63, 3.8) is 0 Å². The molecule has 0 fully saturated rings. The minimum atomic E-state index is -1.29. The Morgan fingerprint density at radius 3 is 2.26 bits per heavy atom. The van der Waals surface area contributed by atoms with Gasteiger partial charge in [-0.3, -0.25) is 24.5 Å².